The summed E-state index contributed by atoms with van der Waals surface area (Å²) in [7, 11) is 0. The monoisotopic (exact) mass is 312 g/mol. The highest BCUT2D eigenvalue weighted by Gasteiger charge is 2.23. The number of ether oxygens (including phenoxy) is 1. The third kappa shape index (κ3) is 3.32. The van der Waals surface area contributed by atoms with Crippen molar-refractivity contribution < 1.29 is 4.74 Å². The Balaban J connectivity index is 2.08. The maximum Gasteiger partial charge on any atom is 0.0674 e. The van der Waals surface area contributed by atoms with Crippen LogP contribution in [-0.2, 0) is 17.8 Å². The average Bonchev–Trinajstić information content (AvgIpc) is 2.36. The van der Waals surface area contributed by atoms with E-state index < -0.39 is 0 Å². The summed E-state index contributed by atoms with van der Waals surface area (Å²) in [5, 5.41) is 0. The second kappa shape index (κ2) is 6.15. The van der Waals surface area contributed by atoms with E-state index in [1.54, 1.807) is 0 Å². The largest absolute Gasteiger partial charge is 0.376 e. The molecule has 4 heteroatoms. The van der Waals surface area contributed by atoms with E-state index in [9.17, 15) is 0 Å². The molecule has 18 heavy (non-hydrogen) atoms. The lowest BCUT2D eigenvalue weighted by Gasteiger charge is -2.37. The van der Waals surface area contributed by atoms with E-state index in [1.165, 1.54) is 5.56 Å². The molecule has 2 atom stereocenters. The molecule has 2 unspecified atom stereocenters. The topological polar surface area (TPSA) is 38.5 Å². The zero-order valence-corrected chi connectivity index (χ0v) is 12.6. The number of hydrogen-bond acceptors (Lipinski definition) is 3. The Morgan fingerprint density at radius 1 is 1.44 bits per heavy atom. The first-order valence-corrected chi connectivity index (χ1v) is 7.22. The number of hydrogen-bond donors (Lipinski definition) is 1. The number of nitrogens with zero attached hydrogens (tertiary/aromatic N) is 1. The molecule has 0 saturated carbocycles. The molecule has 1 heterocycles. The van der Waals surface area contributed by atoms with E-state index >= 15 is 0 Å². The predicted octanol–water partition coefficient (Wildman–Crippen LogP) is 2.52. The van der Waals surface area contributed by atoms with Crippen LogP contribution in [0.3, 0.4) is 0 Å². The summed E-state index contributed by atoms with van der Waals surface area (Å²) >= 11 is 3.64. The molecule has 1 saturated heterocycles. The van der Waals surface area contributed by atoms with Crippen molar-refractivity contribution in [3.63, 3.8) is 0 Å². The summed E-state index contributed by atoms with van der Waals surface area (Å²) in [6.45, 7) is 7.70. The van der Waals surface area contributed by atoms with E-state index in [-0.39, 0.29) is 0 Å². The quantitative estimate of drug-likeness (QED) is 0.932. The van der Waals surface area contributed by atoms with Crippen LogP contribution < -0.4 is 5.73 Å². The minimum Gasteiger partial charge on any atom is -0.376 e. The normalized spacial score (nSPS) is 25.3. The maximum absolute atomic E-state index is 5.65. The lowest BCUT2D eigenvalue weighted by molar-refractivity contribution is -0.0527. The minimum absolute atomic E-state index is 0.322. The van der Waals surface area contributed by atoms with Crippen LogP contribution in [0, 0.1) is 0 Å². The lowest BCUT2D eigenvalue weighted by Crippen LogP contribution is -2.46. The summed E-state index contributed by atoms with van der Waals surface area (Å²) in [6, 6.07) is 6.86. The van der Waals surface area contributed by atoms with Gasteiger partial charge in [-0.15, -0.1) is 0 Å². The number of halogens is 1. The van der Waals surface area contributed by atoms with Gasteiger partial charge in [0.15, 0.2) is 0 Å². The fraction of sp³-hybridized carbons (Fsp3) is 0.571. The number of nitrogens with two attached hydrogens (primary N) is 1. The molecule has 0 amide bonds. The van der Waals surface area contributed by atoms with Gasteiger partial charge in [0.05, 0.1) is 12.7 Å². The molecule has 1 aliphatic rings. The van der Waals surface area contributed by atoms with Crippen molar-refractivity contribution in [3.05, 3.63) is 33.8 Å². The van der Waals surface area contributed by atoms with Crippen molar-refractivity contribution in [3.8, 4) is 0 Å². The van der Waals surface area contributed by atoms with Crippen molar-refractivity contribution in [2.45, 2.75) is 39.1 Å². The van der Waals surface area contributed by atoms with E-state index in [1.807, 2.05) is 0 Å². The third-order valence-corrected chi connectivity index (χ3v) is 4.20. The summed E-state index contributed by atoms with van der Waals surface area (Å²) in [4.78, 5) is 2.47. The van der Waals surface area contributed by atoms with Gasteiger partial charge in [0.25, 0.3) is 0 Å². The van der Waals surface area contributed by atoms with Crippen LogP contribution in [0.25, 0.3) is 0 Å². The predicted molar refractivity (Wildman–Crippen MR) is 77.3 cm³/mol. The van der Waals surface area contributed by atoms with Crippen molar-refractivity contribution in [1.29, 1.82) is 0 Å². The van der Waals surface area contributed by atoms with Gasteiger partial charge in [0.1, 0.15) is 0 Å². The highest BCUT2D eigenvalue weighted by atomic mass is 79.9. The molecular weight excluding hydrogens is 292 g/mol. The molecule has 1 aromatic rings. The first-order chi connectivity index (χ1) is 8.60. The molecule has 0 bridgehead atoms. The molecule has 1 fully saturated rings. The molecule has 1 aromatic carbocycles. The summed E-state index contributed by atoms with van der Waals surface area (Å²) < 4.78 is 6.80. The number of benzene rings is 1. The first-order valence-electron chi connectivity index (χ1n) is 6.43. The Labute approximate surface area is 117 Å². The van der Waals surface area contributed by atoms with Gasteiger partial charge in [0.2, 0.25) is 0 Å². The fourth-order valence-corrected chi connectivity index (χ4v) is 2.81. The van der Waals surface area contributed by atoms with Gasteiger partial charge in [-0.05, 0) is 31.0 Å². The Morgan fingerprint density at radius 2 is 2.22 bits per heavy atom. The molecule has 2 rings (SSSR count). The van der Waals surface area contributed by atoms with Crippen molar-refractivity contribution in [2.24, 2.45) is 5.73 Å². The van der Waals surface area contributed by atoms with Crippen LogP contribution in [-0.4, -0.2) is 30.2 Å². The number of morpholine rings is 1. The molecule has 0 aliphatic carbocycles. The van der Waals surface area contributed by atoms with Crippen LogP contribution in [0.2, 0.25) is 0 Å². The van der Waals surface area contributed by atoms with Crippen LogP contribution >= 0.6 is 15.9 Å². The fourth-order valence-electron chi connectivity index (χ4n) is 2.26. The highest BCUT2D eigenvalue weighted by molar-refractivity contribution is 9.10. The second-order valence-corrected chi connectivity index (χ2v) is 5.91. The lowest BCUT2D eigenvalue weighted by atomic mass is 10.1. The zero-order chi connectivity index (χ0) is 13.1. The van der Waals surface area contributed by atoms with E-state index in [4.69, 9.17) is 10.5 Å². The van der Waals surface area contributed by atoms with Gasteiger partial charge in [-0.1, -0.05) is 28.1 Å². The number of rotatable bonds is 3. The molecule has 0 spiro atoms. The van der Waals surface area contributed by atoms with Crippen molar-refractivity contribution in [2.75, 3.05) is 13.2 Å². The molecule has 100 valence electrons. The van der Waals surface area contributed by atoms with Crippen LogP contribution in [0.15, 0.2) is 22.7 Å². The van der Waals surface area contributed by atoms with Gasteiger partial charge < -0.3 is 10.5 Å². The van der Waals surface area contributed by atoms with Gasteiger partial charge in [-0.25, -0.2) is 0 Å². The standard InChI is InChI=1S/C14H21BrN2O/c1-10-9-18-11(2)7-17(10)8-13-4-3-12(6-16)5-14(13)15/h3-5,10-11H,6-9,16H2,1-2H3. The zero-order valence-electron chi connectivity index (χ0n) is 11.0. The molecule has 0 radical (unpaired) electrons. The Bertz CT molecular complexity index is 411. The summed E-state index contributed by atoms with van der Waals surface area (Å²) in [6.07, 6.45) is 0.322. The Hall–Kier alpha value is -0.420. The minimum atomic E-state index is 0.322. The molecular formula is C14H21BrN2O. The van der Waals surface area contributed by atoms with Crippen molar-refractivity contribution in [1.82, 2.24) is 4.90 Å². The van der Waals surface area contributed by atoms with Crippen LogP contribution in [0.1, 0.15) is 25.0 Å². The van der Waals surface area contributed by atoms with Gasteiger partial charge in [-0.3, -0.25) is 4.90 Å². The van der Waals surface area contributed by atoms with Crippen molar-refractivity contribution >= 4 is 15.9 Å². The Kier molecular flexibility index (Phi) is 4.78. The molecule has 1 aliphatic heterocycles. The third-order valence-electron chi connectivity index (χ3n) is 3.46. The SMILES string of the molecule is CC1CN(Cc2ccc(CN)cc2Br)C(C)CO1. The van der Waals surface area contributed by atoms with Gasteiger partial charge >= 0.3 is 0 Å². The van der Waals surface area contributed by atoms with E-state index in [0.29, 0.717) is 18.7 Å². The summed E-state index contributed by atoms with van der Waals surface area (Å²) in [5.41, 5.74) is 8.12. The van der Waals surface area contributed by atoms with E-state index in [0.717, 1.165) is 29.7 Å². The van der Waals surface area contributed by atoms with Gasteiger partial charge in [0, 0.05) is 30.1 Å². The molecule has 2 N–H and O–H groups in total. The van der Waals surface area contributed by atoms with Crippen LogP contribution in [0.5, 0.6) is 0 Å². The molecule has 3 nitrogen and oxygen atoms in total. The average molecular weight is 313 g/mol. The highest BCUT2D eigenvalue weighted by Crippen LogP contribution is 2.22. The summed E-state index contributed by atoms with van der Waals surface area (Å²) in [5.74, 6) is 0. The first kappa shape index (κ1) is 14.0. The Morgan fingerprint density at radius 3 is 2.89 bits per heavy atom. The maximum atomic E-state index is 5.65. The smallest absolute Gasteiger partial charge is 0.0674 e. The second-order valence-electron chi connectivity index (χ2n) is 5.05. The van der Waals surface area contributed by atoms with E-state index in [2.05, 4.69) is 52.9 Å². The molecule has 0 aromatic heterocycles. The van der Waals surface area contributed by atoms with Crippen LogP contribution in [0.4, 0.5) is 0 Å². The van der Waals surface area contributed by atoms with Gasteiger partial charge in [-0.2, -0.15) is 0 Å².